The van der Waals surface area contributed by atoms with Crippen LogP contribution in [0.4, 0.5) is 24.9 Å². The molecule has 0 amide bonds. The predicted molar refractivity (Wildman–Crippen MR) is 67.7 cm³/mol. The van der Waals surface area contributed by atoms with Gasteiger partial charge in [-0.1, -0.05) is 0 Å². The fourth-order valence-electron chi connectivity index (χ4n) is 1.51. The van der Waals surface area contributed by atoms with Crippen LogP contribution in [0.15, 0.2) is 24.4 Å². The van der Waals surface area contributed by atoms with Crippen molar-refractivity contribution in [3.8, 4) is 11.8 Å². The van der Waals surface area contributed by atoms with Gasteiger partial charge in [0, 0.05) is 6.20 Å². The summed E-state index contributed by atoms with van der Waals surface area (Å²) in [5.74, 6) is -0.224. The van der Waals surface area contributed by atoms with Crippen LogP contribution < -0.4 is 14.8 Å². The number of aromatic nitrogens is 3. The molecule has 0 fully saturated rings. The second kappa shape index (κ2) is 5.81. The fourth-order valence-corrected chi connectivity index (χ4v) is 1.51. The molecule has 0 bridgehead atoms. The molecule has 2 rings (SSSR count). The van der Waals surface area contributed by atoms with E-state index in [2.05, 4.69) is 20.3 Å². The highest BCUT2D eigenvalue weighted by molar-refractivity contribution is 5.54. The Labute approximate surface area is 118 Å². The van der Waals surface area contributed by atoms with Crippen molar-refractivity contribution in [1.29, 1.82) is 0 Å². The second-order valence-electron chi connectivity index (χ2n) is 3.80. The third-order valence-electron chi connectivity index (χ3n) is 2.44. The fraction of sp³-hybridized carbons (Fsp3) is 0.250. The zero-order valence-electron chi connectivity index (χ0n) is 11.1. The summed E-state index contributed by atoms with van der Waals surface area (Å²) < 4.78 is 48.5. The number of rotatable bonds is 4. The zero-order valence-corrected chi connectivity index (χ0v) is 11.1. The van der Waals surface area contributed by atoms with Crippen molar-refractivity contribution in [1.82, 2.24) is 15.0 Å². The maximum Gasteiger partial charge on any atom is 0.419 e. The second-order valence-corrected chi connectivity index (χ2v) is 3.80. The van der Waals surface area contributed by atoms with Crippen molar-refractivity contribution >= 4 is 11.8 Å². The van der Waals surface area contributed by atoms with Crippen LogP contribution in [-0.4, -0.2) is 29.2 Å². The van der Waals surface area contributed by atoms with Gasteiger partial charge in [0.05, 0.1) is 25.8 Å². The quantitative estimate of drug-likeness (QED) is 0.936. The van der Waals surface area contributed by atoms with Crippen molar-refractivity contribution < 1.29 is 22.6 Å². The van der Waals surface area contributed by atoms with Gasteiger partial charge in [-0.3, -0.25) is 0 Å². The van der Waals surface area contributed by atoms with Crippen molar-refractivity contribution in [2.45, 2.75) is 6.18 Å². The Bertz CT molecular complexity index is 612. The Hall–Kier alpha value is -2.58. The topological polar surface area (TPSA) is 69.2 Å². The minimum atomic E-state index is -4.54. The van der Waals surface area contributed by atoms with Gasteiger partial charge in [-0.05, 0) is 12.1 Å². The number of methoxy groups -OCH3 is 2. The highest BCUT2D eigenvalue weighted by Crippen LogP contribution is 2.34. The highest BCUT2D eigenvalue weighted by Gasteiger charge is 2.34. The summed E-state index contributed by atoms with van der Waals surface area (Å²) in [4.78, 5) is 11.4. The van der Waals surface area contributed by atoms with Crippen LogP contribution in [0.25, 0.3) is 0 Å². The lowest BCUT2D eigenvalue weighted by molar-refractivity contribution is -0.137. The molecule has 0 saturated carbocycles. The zero-order chi connectivity index (χ0) is 15.5. The Morgan fingerprint density at radius 2 is 1.71 bits per heavy atom. The molecule has 0 atom stereocenters. The number of ether oxygens (including phenoxy) is 2. The number of nitrogens with one attached hydrogen (secondary N) is 1. The molecule has 6 nitrogen and oxygen atoms in total. The first kappa shape index (κ1) is 14.8. The SMILES string of the molecule is COc1cc(OC)nc(Nc2ncccc2C(F)(F)F)n1. The standard InChI is InChI=1S/C12H11F3N4O2/c1-20-8-6-9(21-2)18-11(17-8)19-10-7(12(13,14)15)4-3-5-16-10/h3-6H,1-2H3,(H,16,17,18,19). The van der Waals surface area contributed by atoms with Gasteiger partial charge in [0.25, 0.3) is 0 Å². The van der Waals surface area contributed by atoms with E-state index in [1.165, 1.54) is 32.5 Å². The number of anilines is 2. The maximum absolute atomic E-state index is 12.9. The number of nitrogens with zero attached hydrogens (tertiary/aromatic N) is 3. The number of alkyl halides is 3. The molecular formula is C12H11F3N4O2. The summed E-state index contributed by atoms with van der Waals surface area (Å²) in [6, 6.07) is 3.50. The first-order chi connectivity index (χ1) is 9.94. The van der Waals surface area contributed by atoms with E-state index in [0.717, 1.165) is 6.07 Å². The Kier molecular flexibility index (Phi) is 4.10. The van der Waals surface area contributed by atoms with Crippen molar-refractivity contribution in [3.63, 3.8) is 0 Å². The highest BCUT2D eigenvalue weighted by atomic mass is 19.4. The average Bonchev–Trinajstić information content (AvgIpc) is 2.46. The van der Waals surface area contributed by atoms with E-state index >= 15 is 0 Å². The van der Waals surface area contributed by atoms with Crippen LogP contribution in [0.2, 0.25) is 0 Å². The largest absolute Gasteiger partial charge is 0.481 e. The summed E-state index contributed by atoms with van der Waals surface area (Å²) >= 11 is 0. The summed E-state index contributed by atoms with van der Waals surface area (Å²) in [5, 5.41) is 2.42. The number of hydrogen-bond donors (Lipinski definition) is 1. The van der Waals surface area contributed by atoms with Crippen LogP contribution in [0.5, 0.6) is 11.8 Å². The Morgan fingerprint density at radius 3 is 2.24 bits per heavy atom. The summed E-state index contributed by atoms with van der Waals surface area (Å²) in [7, 11) is 2.74. The molecule has 9 heteroatoms. The third-order valence-corrected chi connectivity index (χ3v) is 2.44. The van der Waals surface area contributed by atoms with Crippen LogP contribution >= 0.6 is 0 Å². The van der Waals surface area contributed by atoms with Gasteiger partial charge in [-0.25, -0.2) is 4.98 Å². The van der Waals surface area contributed by atoms with Crippen LogP contribution in [-0.2, 0) is 6.18 Å². The van der Waals surface area contributed by atoms with Gasteiger partial charge in [0.2, 0.25) is 17.7 Å². The molecule has 0 aliphatic carbocycles. The molecule has 0 spiro atoms. The minimum Gasteiger partial charge on any atom is -0.481 e. The van der Waals surface area contributed by atoms with E-state index in [-0.39, 0.29) is 17.7 Å². The van der Waals surface area contributed by atoms with Gasteiger partial charge in [-0.15, -0.1) is 0 Å². The molecule has 2 aromatic rings. The lowest BCUT2D eigenvalue weighted by atomic mass is 10.2. The lowest BCUT2D eigenvalue weighted by Gasteiger charge is -2.13. The lowest BCUT2D eigenvalue weighted by Crippen LogP contribution is -2.11. The van der Waals surface area contributed by atoms with Gasteiger partial charge in [0.1, 0.15) is 5.82 Å². The molecule has 2 heterocycles. The van der Waals surface area contributed by atoms with Crippen LogP contribution in [0, 0.1) is 0 Å². The third kappa shape index (κ3) is 3.50. The molecule has 2 aromatic heterocycles. The van der Waals surface area contributed by atoms with E-state index in [9.17, 15) is 13.2 Å². The van der Waals surface area contributed by atoms with Crippen molar-refractivity contribution in [2.24, 2.45) is 0 Å². The molecule has 0 saturated heterocycles. The summed E-state index contributed by atoms with van der Waals surface area (Å²) in [6.07, 6.45) is -3.31. The normalized spacial score (nSPS) is 11.1. The van der Waals surface area contributed by atoms with Gasteiger partial charge < -0.3 is 14.8 Å². The number of pyridine rings is 1. The number of halogens is 3. The molecule has 112 valence electrons. The first-order valence-corrected chi connectivity index (χ1v) is 5.70. The van der Waals surface area contributed by atoms with Gasteiger partial charge >= 0.3 is 6.18 Å². The van der Waals surface area contributed by atoms with E-state index in [4.69, 9.17) is 9.47 Å². The molecule has 21 heavy (non-hydrogen) atoms. The van der Waals surface area contributed by atoms with E-state index < -0.39 is 17.6 Å². The van der Waals surface area contributed by atoms with E-state index in [0.29, 0.717) is 0 Å². The van der Waals surface area contributed by atoms with Gasteiger partial charge in [-0.2, -0.15) is 23.1 Å². The summed E-state index contributed by atoms with van der Waals surface area (Å²) in [5.41, 5.74) is -0.921. The average molecular weight is 300 g/mol. The van der Waals surface area contributed by atoms with Gasteiger partial charge in [0.15, 0.2) is 0 Å². The number of hydrogen-bond acceptors (Lipinski definition) is 6. The summed E-state index contributed by atoms with van der Waals surface area (Å²) in [6.45, 7) is 0. The van der Waals surface area contributed by atoms with Crippen molar-refractivity contribution in [2.75, 3.05) is 19.5 Å². The van der Waals surface area contributed by atoms with Crippen LogP contribution in [0.3, 0.4) is 0 Å². The maximum atomic E-state index is 12.9. The molecule has 0 aromatic carbocycles. The molecule has 0 radical (unpaired) electrons. The molecule has 0 unspecified atom stereocenters. The van der Waals surface area contributed by atoms with E-state index in [1.807, 2.05) is 0 Å². The Morgan fingerprint density at radius 1 is 1.10 bits per heavy atom. The molecule has 1 N–H and O–H groups in total. The molecular weight excluding hydrogens is 289 g/mol. The van der Waals surface area contributed by atoms with Crippen LogP contribution in [0.1, 0.15) is 5.56 Å². The molecule has 0 aliphatic rings. The minimum absolute atomic E-state index is 0.115. The monoisotopic (exact) mass is 300 g/mol. The predicted octanol–water partition coefficient (Wildman–Crippen LogP) is 2.65. The first-order valence-electron chi connectivity index (χ1n) is 5.70. The Balaban J connectivity index is 2.39. The van der Waals surface area contributed by atoms with E-state index in [1.54, 1.807) is 0 Å². The molecule has 0 aliphatic heterocycles. The van der Waals surface area contributed by atoms with Crippen molar-refractivity contribution in [3.05, 3.63) is 30.0 Å². The smallest absolute Gasteiger partial charge is 0.419 e.